The number of aryl methyl sites for hydroxylation is 1. The monoisotopic (exact) mass is 234 g/mol. The van der Waals surface area contributed by atoms with Crippen LogP contribution in [-0.4, -0.2) is 11.9 Å². The van der Waals surface area contributed by atoms with Crippen molar-refractivity contribution in [3.63, 3.8) is 0 Å². The summed E-state index contributed by atoms with van der Waals surface area (Å²) in [5.74, 6) is -0.383. The van der Waals surface area contributed by atoms with Crippen LogP contribution in [0.2, 0.25) is 0 Å². The maximum atomic E-state index is 6.20. The minimum Gasteiger partial charge on any atom is -0.344 e. The zero-order chi connectivity index (χ0) is 12.5. The Morgan fingerprint density at radius 2 is 1.76 bits per heavy atom. The van der Waals surface area contributed by atoms with Gasteiger partial charge in [0.1, 0.15) is 6.10 Å². The molecule has 2 nitrogen and oxygen atoms in total. The summed E-state index contributed by atoms with van der Waals surface area (Å²) in [5, 5.41) is 0. The molecule has 1 fully saturated rings. The van der Waals surface area contributed by atoms with E-state index in [0.717, 1.165) is 12.8 Å². The van der Waals surface area contributed by atoms with Crippen LogP contribution in [-0.2, 0) is 9.47 Å². The van der Waals surface area contributed by atoms with Gasteiger partial charge in [-0.1, -0.05) is 38.1 Å². The molecule has 1 aromatic carbocycles. The van der Waals surface area contributed by atoms with Gasteiger partial charge in [0, 0.05) is 0 Å². The summed E-state index contributed by atoms with van der Waals surface area (Å²) in [6, 6.07) is 8.40. The van der Waals surface area contributed by atoms with Crippen LogP contribution in [0.4, 0.5) is 0 Å². The number of benzene rings is 1. The van der Waals surface area contributed by atoms with E-state index >= 15 is 0 Å². The molecule has 0 unspecified atom stereocenters. The third kappa shape index (κ3) is 2.24. The first-order valence-corrected chi connectivity index (χ1v) is 6.53. The van der Waals surface area contributed by atoms with E-state index in [1.165, 1.54) is 11.1 Å². The number of rotatable bonds is 3. The molecule has 1 aliphatic rings. The van der Waals surface area contributed by atoms with Crippen LogP contribution >= 0.6 is 0 Å². The maximum absolute atomic E-state index is 6.20. The normalized spacial score (nSPS) is 27.3. The van der Waals surface area contributed by atoms with Gasteiger partial charge in [-0.3, -0.25) is 0 Å². The lowest BCUT2D eigenvalue weighted by atomic mass is 10.0. The quantitative estimate of drug-likeness (QED) is 0.787. The van der Waals surface area contributed by atoms with Gasteiger partial charge >= 0.3 is 0 Å². The largest absolute Gasteiger partial charge is 0.344 e. The summed E-state index contributed by atoms with van der Waals surface area (Å²) >= 11 is 0. The molecular formula is C15H22O2. The molecule has 0 saturated carbocycles. The van der Waals surface area contributed by atoms with Crippen molar-refractivity contribution >= 4 is 0 Å². The Balaban J connectivity index is 2.27. The van der Waals surface area contributed by atoms with Crippen LogP contribution in [0.25, 0.3) is 0 Å². The van der Waals surface area contributed by atoms with Crippen LogP contribution in [0.5, 0.6) is 0 Å². The highest BCUT2D eigenvalue weighted by Gasteiger charge is 2.44. The van der Waals surface area contributed by atoms with E-state index in [4.69, 9.17) is 9.47 Å². The lowest BCUT2D eigenvalue weighted by Gasteiger charge is -2.25. The summed E-state index contributed by atoms with van der Waals surface area (Å²) in [7, 11) is 0. The Kier molecular flexibility index (Phi) is 3.55. The second kappa shape index (κ2) is 4.79. The Labute approximate surface area is 104 Å². The second-order valence-corrected chi connectivity index (χ2v) is 4.84. The first-order chi connectivity index (χ1) is 8.12. The molecule has 94 valence electrons. The molecule has 1 aliphatic heterocycles. The molecule has 1 saturated heterocycles. The molecule has 1 heterocycles. The SMILES string of the molecule is CCC1(CC)O[C@H](C)[C@H](c2ccccc2C)O1. The van der Waals surface area contributed by atoms with Crippen molar-refractivity contribution in [3.05, 3.63) is 35.4 Å². The van der Waals surface area contributed by atoms with Crippen LogP contribution in [0.3, 0.4) is 0 Å². The summed E-state index contributed by atoms with van der Waals surface area (Å²) in [5.41, 5.74) is 2.53. The Bertz CT molecular complexity index is 382. The zero-order valence-electron chi connectivity index (χ0n) is 11.2. The van der Waals surface area contributed by atoms with E-state index in [9.17, 15) is 0 Å². The van der Waals surface area contributed by atoms with Crippen molar-refractivity contribution in [1.82, 2.24) is 0 Å². The lowest BCUT2D eigenvalue weighted by Crippen LogP contribution is -2.28. The van der Waals surface area contributed by atoms with Gasteiger partial charge in [0.25, 0.3) is 0 Å². The zero-order valence-corrected chi connectivity index (χ0v) is 11.2. The van der Waals surface area contributed by atoms with Crippen LogP contribution < -0.4 is 0 Å². The average molecular weight is 234 g/mol. The van der Waals surface area contributed by atoms with Gasteiger partial charge in [-0.15, -0.1) is 0 Å². The third-order valence-corrected chi connectivity index (χ3v) is 3.74. The minimum absolute atomic E-state index is 0.0658. The Morgan fingerprint density at radius 3 is 2.29 bits per heavy atom. The predicted octanol–water partition coefficient (Wildman–Crippen LogP) is 3.99. The molecule has 2 rings (SSSR count). The van der Waals surface area contributed by atoms with Gasteiger partial charge in [0.05, 0.1) is 6.10 Å². The first-order valence-electron chi connectivity index (χ1n) is 6.53. The topological polar surface area (TPSA) is 18.5 Å². The van der Waals surface area contributed by atoms with E-state index in [1.54, 1.807) is 0 Å². The van der Waals surface area contributed by atoms with Crippen molar-refractivity contribution in [2.24, 2.45) is 0 Å². The standard InChI is InChI=1S/C15H22O2/c1-5-15(6-2)16-12(4)14(17-15)13-10-8-7-9-11(13)3/h7-10,12,14H,5-6H2,1-4H3/t12-,14-/m1/s1. The molecule has 0 radical (unpaired) electrons. The number of ether oxygens (including phenoxy) is 2. The molecule has 0 N–H and O–H groups in total. The minimum atomic E-state index is -0.383. The summed E-state index contributed by atoms with van der Waals surface area (Å²) in [4.78, 5) is 0. The molecule has 0 bridgehead atoms. The van der Waals surface area contributed by atoms with E-state index in [1.807, 2.05) is 0 Å². The van der Waals surface area contributed by atoms with Gasteiger partial charge in [-0.05, 0) is 37.8 Å². The Morgan fingerprint density at radius 1 is 1.12 bits per heavy atom. The molecule has 0 aliphatic carbocycles. The summed E-state index contributed by atoms with van der Waals surface area (Å²) in [6.07, 6.45) is 1.99. The fourth-order valence-corrected chi connectivity index (χ4v) is 2.56. The van der Waals surface area contributed by atoms with Crippen LogP contribution in [0.15, 0.2) is 24.3 Å². The number of hydrogen-bond acceptors (Lipinski definition) is 2. The van der Waals surface area contributed by atoms with E-state index in [2.05, 4.69) is 52.0 Å². The first kappa shape index (κ1) is 12.6. The second-order valence-electron chi connectivity index (χ2n) is 4.84. The average Bonchev–Trinajstić information content (AvgIpc) is 2.68. The highest BCUT2D eigenvalue weighted by molar-refractivity contribution is 5.29. The fourth-order valence-electron chi connectivity index (χ4n) is 2.56. The molecule has 0 spiro atoms. The smallest absolute Gasteiger partial charge is 0.169 e. The van der Waals surface area contributed by atoms with Crippen molar-refractivity contribution in [3.8, 4) is 0 Å². The Hall–Kier alpha value is -0.860. The van der Waals surface area contributed by atoms with Crippen molar-refractivity contribution in [2.45, 2.75) is 58.5 Å². The fraction of sp³-hybridized carbons (Fsp3) is 0.600. The molecule has 0 amide bonds. The highest BCUT2D eigenvalue weighted by atomic mass is 16.8. The molecule has 2 heteroatoms. The van der Waals surface area contributed by atoms with Crippen molar-refractivity contribution in [2.75, 3.05) is 0 Å². The van der Waals surface area contributed by atoms with Gasteiger partial charge < -0.3 is 9.47 Å². The van der Waals surface area contributed by atoms with E-state index in [0.29, 0.717) is 0 Å². The number of hydrogen-bond donors (Lipinski definition) is 0. The maximum Gasteiger partial charge on any atom is 0.169 e. The van der Waals surface area contributed by atoms with Crippen LogP contribution in [0.1, 0.15) is 50.8 Å². The third-order valence-electron chi connectivity index (χ3n) is 3.74. The van der Waals surface area contributed by atoms with Gasteiger partial charge in [-0.2, -0.15) is 0 Å². The predicted molar refractivity (Wildman–Crippen MR) is 68.9 cm³/mol. The molecule has 2 atom stereocenters. The van der Waals surface area contributed by atoms with E-state index < -0.39 is 0 Å². The lowest BCUT2D eigenvalue weighted by molar-refractivity contribution is -0.178. The molecular weight excluding hydrogens is 212 g/mol. The van der Waals surface area contributed by atoms with E-state index in [-0.39, 0.29) is 18.0 Å². The van der Waals surface area contributed by atoms with Gasteiger partial charge in [0.15, 0.2) is 5.79 Å². The van der Waals surface area contributed by atoms with Gasteiger partial charge in [0.2, 0.25) is 0 Å². The van der Waals surface area contributed by atoms with Crippen LogP contribution in [0, 0.1) is 6.92 Å². The molecule has 1 aromatic rings. The van der Waals surface area contributed by atoms with Gasteiger partial charge in [-0.25, -0.2) is 0 Å². The summed E-state index contributed by atoms with van der Waals surface area (Å²) in [6.45, 7) is 8.47. The molecule has 0 aromatic heterocycles. The van der Waals surface area contributed by atoms with Crippen molar-refractivity contribution < 1.29 is 9.47 Å². The highest BCUT2D eigenvalue weighted by Crippen LogP contribution is 2.42. The summed E-state index contributed by atoms with van der Waals surface area (Å²) < 4.78 is 12.3. The molecule has 17 heavy (non-hydrogen) atoms. The van der Waals surface area contributed by atoms with Crippen molar-refractivity contribution in [1.29, 1.82) is 0 Å².